The van der Waals surface area contributed by atoms with E-state index in [0.717, 1.165) is 67.7 Å². The molecule has 0 saturated heterocycles. The van der Waals surface area contributed by atoms with E-state index in [1.807, 2.05) is 42.2 Å². The Morgan fingerprint density at radius 1 is 0.965 bits per heavy atom. The average molecular weight is 769 g/mol. The van der Waals surface area contributed by atoms with Gasteiger partial charge in [0.2, 0.25) is 11.8 Å². The minimum Gasteiger partial charge on any atom is -0.488 e. The number of aromatic amines is 2. The predicted octanol–water partition coefficient (Wildman–Crippen LogP) is 6.70. The molecule has 1 fully saturated rings. The fourth-order valence-electron chi connectivity index (χ4n) is 8.16. The first-order chi connectivity index (χ1) is 27.7. The van der Waals surface area contributed by atoms with E-state index >= 15 is 0 Å². The molecule has 4 atom stereocenters. The topological polar surface area (TPSA) is 158 Å². The second-order valence-electron chi connectivity index (χ2n) is 15.1. The maximum absolute atomic E-state index is 13.9. The molecule has 3 heterocycles. The zero-order valence-electron chi connectivity index (χ0n) is 32.9. The molecule has 1 aliphatic carbocycles. The first kappa shape index (κ1) is 37.7. The molecule has 0 spiro atoms. The molecule has 4 N–H and O–H groups in total. The molecule has 294 valence electrons. The van der Waals surface area contributed by atoms with Crippen LogP contribution in [0.1, 0.15) is 56.0 Å². The summed E-state index contributed by atoms with van der Waals surface area (Å²) in [6.45, 7) is 8.25. The Morgan fingerprint density at radius 2 is 1.77 bits per heavy atom. The molecule has 13 heteroatoms. The highest BCUT2D eigenvalue weighted by molar-refractivity contribution is 6.07. The SMILES string of the molecule is CCCN(Cc1ncc(-c2ccc3c(c2)COc2cc4c(ccc5[nH]c(CN(C(=O)CNC)C6C(C)[C@H]6C)nc54)cc2-3)[nH]1)C(=O)[C@H](NC(=O)OC)c1ccccc1. The van der Waals surface area contributed by atoms with Gasteiger partial charge in [0.05, 0.1) is 49.7 Å². The molecule has 0 bridgehead atoms. The van der Waals surface area contributed by atoms with Gasteiger partial charge in [-0.25, -0.2) is 14.8 Å². The molecule has 57 heavy (non-hydrogen) atoms. The summed E-state index contributed by atoms with van der Waals surface area (Å²) >= 11 is 0. The number of aromatic nitrogens is 4. The van der Waals surface area contributed by atoms with Gasteiger partial charge in [-0.15, -0.1) is 0 Å². The highest BCUT2D eigenvalue weighted by Gasteiger charge is 2.48. The van der Waals surface area contributed by atoms with Crippen LogP contribution in [0.5, 0.6) is 5.75 Å². The van der Waals surface area contributed by atoms with Crippen molar-refractivity contribution in [2.24, 2.45) is 11.8 Å². The van der Waals surface area contributed by atoms with Gasteiger partial charge in [-0.2, -0.15) is 0 Å². The molecule has 13 nitrogen and oxygen atoms in total. The second kappa shape index (κ2) is 15.7. The number of fused-ring (bicyclic) bond motifs is 6. The van der Waals surface area contributed by atoms with Crippen LogP contribution in [0.2, 0.25) is 0 Å². The fourth-order valence-corrected chi connectivity index (χ4v) is 8.16. The molecule has 2 aliphatic rings. The van der Waals surface area contributed by atoms with Crippen LogP contribution >= 0.6 is 0 Å². The number of hydrogen-bond donors (Lipinski definition) is 4. The molecule has 2 unspecified atom stereocenters. The molecule has 2 aromatic heterocycles. The van der Waals surface area contributed by atoms with Crippen molar-refractivity contribution < 1.29 is 23.9 Å². The van der Waals surface area contributed by atoms with E-state index in [1.54, 1.807) is 18.1 Å². The molecule has 4 aromatic carbocycles. The Hall–Kier alpha value is -6.21. The van der Waals surface area contributed by atoms with Gasteiger partial charge in [0.25, 0.3) is 0 Å². The normalized spacial score (nSPS) is 17.3. The lowest BCUT2D eigenvalue weighted by atomic mass is 9.92. The fraction of sp³-hybridized carbons (Fsp3) is 0.341. The first-order valence-corrected chi connectivity index (χ1v) is 19.5. The average Bonchev–Trinajstić information content (AvgIpc) is 3.56. The van der Waals surface area contributed by atoms with Crippen LogP contribution in [0.15, 0.2) is 79.0 Å². The number of carbonyl (C=O) groups is 3. The molecule has 3 amide bonds. The van der Waals surface area contributed by atoms with Gasteiger partial charge in [-0.1, -0.05) is 69.3 Å². The van der Waals surface area contributed by atoms with Crippen molar-refractivity contribution >= 4 is 39.7 Å². The largest absolute Gasteiger partial charge is 0.488 e. The Bertz CT molecular complexity index is 2450. The number of H-pyrrole nitrogens is 2. The van der Waals surface area contributed by atoms with Crippen LogP contribution in [0.4, 0.5) is 4.79 Å². The number of hydrogen-bond acceptors (Lipinski definition) is 8. The van der Waals surface area contributed by atoms with Crippen LogP contribution in [0, 0.1) is 11.8 Å². The van der Waals surface area contributed by atoms with Crippen molar-refractivity contribution in [2.75, 3.05) is 27.2 Å². The zero-order chi connectivity index (χ0) is 39.8. The number of ether oxygens (including phenoxy) is 2. The predicted molar refractivity (Wildman–Crippen MR) is 218 cm³/mol. The number of nitrogens with one attached hydrogen (secondary N) is 4. The number of alkyl carbamates (subject to hydrolysis) is 1. The lowest BCUT2D eigenvalue weighted by molar-refractivity contribution is -0.134. The van der Waals surface area contributed by atoms with E-state index in [4.69, 9.17) is 14.5 Å². The summed E-state index contributed by atoms with van der Waals surface area (Å²) in [6, 6.07) is 23.2. The third-order valence-electron chi connectivity index (χ3n) is 11.4. The van der Waals surface area contributed by atoms with E-state index < -0.39 is 12.1 Å². The zero-order valence-corrected chi connectivity index (χ0v) is 32.9. The van der Waals surface area contributed by atoms with E-state index in [1.165, 1.54) is 7.11 Å². The van der Waals surface area contributed by atoms with Crippen molar-refractivity contribution in [3.8, 4) is 28.1 Å². The number of likely N-dealkylation sites (N-methyl/N-ethyl adjacent to an activating group) is 1. The molecule has 1 saturated carbocycles. The van der Waals surface area contributed by atoms with Gasteiger partial charge in [0.1, 0.15) is 30.0 Å². The van der Waals surface area contributed by atoms with E-state index in [9.17, 15) is 14.4 Å². The molecule has 8 rings (SSSR count). The summed E-state index contributed by atoms with van der Waals surface area (Å²) in [4.78, 5) is 59.4. The first-order valence-electron chi connectivity index (χ1n) is 19.5. The summed E-state index contributed by atoms with van der Waals surface area (Å²) in [5, 5.41) is 7.75. The van der Waals surface area contributed by atoms with Crippen molar-refractivity contribution in [1.29, 1.82) is 0 Å². The number of rotatable bonds is 13. The number of amides is 3. The molecular weight excluding hydrogens is 721 g/mol. The number of benzene rings is 4. The van der Waals surface area contributed by atoms with Gasteiger partial charge in [-0.05, 0) is 77.2 Å². The van der Waals surface area contributed by atoms with Crippen LogP contribution in [-0.4, -0.2) is 80.9 Å². The summed E-state index contributed by atoms with van der Waals surface area (Å²) in [7, 11) is 3.07. The minimum absolute atomic E-state index is 0.0791. The Balaban J connectivity index is 1.02. The van der Waals surface area contributed by atoms with Gasteiger partial charge in [0.15, 0.2) is 0 Å². The number of methoxy groups -OCH3 is 1. The maximum Gasteiger partial charge on any atom is 0.407 e. The molecule has 6 aromatic rings. The summed E-state index contributed by atoms with van der Waals surface area (Å²) in [6.07, 6.45) is 1.83. The highest BCUT2D eigenvalue weighted by atomic mass is 16.5. The molecule has 1 aliphatic heterocycles. The van der Waals surface area contributed by atoms with Crippen molar-refractivity contribution in [2.45, 2.75) is 59.0 Å². The van der Waals surface area contributed by atoms with Crippen LogP contribution < -0.4 is 15.4 Å². The summed E-state index contributed by atoms with van der Waals surface area (Å²) < 4.78 is 11.2. The maximum atomic E-state index is 13.9. The molecular formula is C44H48N8O5. The van der Waals surface area contributed by atoms with Crippen LogP contribution in [-0.2, 0) is 34.0 Å². The van der Waals surface area contributed by atoms with Gasteiger partial charge < -0.3 is 39.9 Å². The smallest absolute Gasteiger partial charge is 0.407 e. The Labute approximate surface area is 331 Å². The minimum atomic E-state index is -0.904. The third-order valence-corrected chi connectivity index (χ3v) is 11.4. The van der Waals surface area contributed by atoms with E-state index in [-0.39, 0.29) is 24.4 Å². The van der Waals surface area contributed by atoms with Gasteiger partial charge >= 0.3 is 6.09 Å². The van der Waals surface area contributed by atoms with Crippen LogP contribution in [0.25, 0.3) is 44.2 Å². The second-order valence-corrected chi connectivity index (χ2v) is 15.1. The van der Waals surface area contributed by atoms with Crippen molar-refractivity contribution in [1.82, 2.24) is 40.4 Å². The number of carbonyl (C=O) groups excluding carboxylic acids is 3. The van der Waals surface area contributed by atoms with E-state index in [0.29, 0.717) is 49.5 Å². The number of nitrogens with zero attached hydrogens (tertiary/aromatic N) is 4. The quantitative estimate of drug-likeness (QED) is 0.101. The number of imidazole rings is 2. The highest BCUT2D eigenvalue weighted by Crippen LogP contribution is 2.44. The monoisotopic (exact) mass is 768 g/mol. The standard InChI is InChI=1S/C44H48N8O5/c1-6-16-51(43(54)40(50-44(55)56-5)27-10-8-7-9-11-27)22-37-46-20-35(48-37)29-12-14-31-30(17-29)24-57-36-19-32-28(18-33(31)36)13-15-34-41(32)49-38(47-34)23-52(39(53)21-45-4)42-25(2)26(42)3/h7-15,17-20,25-26,40,42,45H,6,16,21-24H2,1-5H3,(H,46,48)(H,47,49)(H,50,55)/t25-,26?,40-,42?/m1/s1. The lowest BCUT2D eigenvalue weighted by Gasteiger charge is -2.27. The van der Waals surface area contributed by atoms with E-state index in [2.05, 4.69) is 81.9 Å². The summed E-state index contributed by atoms with van der Waals surface area (Å²) in [5.41, 5.74) is 7.38. The van der Waals surface area contributed by atoms with Gasteiger partial charge in [0, 0.05) is 23.5 Å². The molecule has 0 radical (unpaired) electrons. The van der Waals surface area contributed by atoms with Crippen LogP contribution in [0.3, 0.4) is 0 Å². The summed E-state index contributed by atoms with van der Waals surface area (Å²) in [5.74, 6) is 2.95. The Morgan fingerprint density at radius 3 is 2.51 bits per heavy atom. The van der Waals surface area contributed by atoms with Crippen molar-refractivity contribution in [3.05, 3.63) is 102 Å². The third kappa shape index (κ3) is 7.42. The van der Waals surface area contributed by atoms with Crippen molar-refractivity contribution in [3.63, 3.8) is 0 Å². The Kier molecular flexibility index (Phi) is 10.4. The van der Waals surface area contributed by atoms with Gasteiger partial charge in [-0.3, -0.25) is 9.59 Å². The lowest BCUT2D eigenvalue weighted by Crippen LogP contribution is -2.43.